The van der Waals surface area contributed by atoms with Gasteiger partial charge in [0.25, 0.3) is 0 Å². The summed E-state index contributed by atoms with van der Waals surface area (Å²) in [5, 5.41) is 3.18. The van der Waals surface area contributed by atoms with E-state index >= 15 is 0 Å². The van der Waals surface area contributed by atoms with Gasteiger partial charge < -0.3 is 0 Å². The molecular formula is C13H14P. The van der Waals surface area contributed by atoms with Gasteiger partial charge in [-0.05, 0) is 49.6 Å². The molecule has 1 aromatic carbocycles. The highest BCUT2D eigenvalue weighted by Gasteiger charge is 2.23. The van der Waals surface area contributed by atoms with Crippen molar-refractivity contribution in [1.29, 1.82) is 0 Å². The molecule has 71 valence electrons. The molecule has 1 radical (unpaired) electrons. The fourth-order valence-corrected chi connectivity index (χ4v) is 3.82. The van der Waals surface area contributed by atoms with E-state index in [1.54, 1.807) is 5.31 Å². The number of rotatable bonds is 1. The molecule has 0 saturated heterocycles. The number of benzene rings is 1. The van der Waals surface area contributed by atoms with Crippen LogP contribution in [0.2, 0.25) is 0 Å². The average molecular weight is 201 g/mol. The fraction of sp³-hybridized carbons (Fsp3) is 0.385. The van der Waals surface area contributed by atoms with E-state index in [9.17, 15) is 0 Å². The van der Waals surface area contributed by atoms with Gasteiger partial charge in [0, 0.05) is 0 Å². The molecule has 0 atom stereocenters. The molecule has 14 heavy (non-hydrogen) atoms. The molecule has 1 aliphatic heterocycles. The van der Waals surface area contributed by atoms with Crippen molar-refractivity contribution < 1.29 is 0 Å². The minimum Gasteiger partial charge on any atom is -0.0616 e. The molecule has 1 heterocycles. The molecule has 1 aromatic rings. The molecule has 0 amide bonds. The zero-order valence-corrected chi connectivity index (χ0v) is 9.13. The highest BCUT2D eigenvalue weighted by atomic mass is 31.1. The Morgan fingerprint density at radius 1 is 1.07 bits per heavy atom. The zero-order chi connectivity index (χ0) is 9.38. The van der Waals surface area contributed by atoms with Crippen LogP contribution < -0.4 is 5.30 Å². The van der Waals surface area contributed by atoms with Crippen molar-refractivity contribution in [2.45, 2.75) is 25.7 Å². The van der Waals surface area contributed by atoms with Crippen LogP contribution in [0.4, 0.5) is 0 Å². The average Bonchev–Trinajstić information content (AvgIpc) is 2.86. The van der Waals surface area contributed by atoms with Crippen LogP contribution in [0.15, 0.2) is 29.6 Å². The summed E-state index contributed by atoms with van der Waals surface area (Å²) in [5.41, 5.74) is 1.45. The molecule has 0 unspecified atom stereocenters. The monoisotopic (exact) mass is 201 g/mol. The second-order valence-corrected chi connectivity index (χ2v) is 5.44. The highest BCUT2D eigenvalue weighted by molar-refractivity contribution is 7.53. The van der Waals surface area contributed by atoms with Crippen molar-refractivity contribution >= 4 is 20.0 Å². The quantitative estimate of drug-likeness (QED) is 0.606. The number of hydrogen-bond acceptors (Lipinski definition) is 0. The number of hydrogen-bond donors (Lipinski definition) is 0. The largest absolute Gasteiger partial charge is 0.0616 e. The van der Waals surface area contributed by atoms with Gasteiger partial charge in [0.15, 0.2) is 0 Å². The van der Waals surface area contributed by atoms with Crippen LogP contribution >= 0.6 is 8.58 Å². The third-order valence-corrected chi connectivity index (χ3v) is 4.66. The molecule has 3 rings (SSSR count). The summed E-state index contributed by atoms with van der Waals surface area (Å²) >= 11 is 0. The van der Waals surface area contributed by atoms with E-state index in [-0.39, 0.29) is 0 Å². The Morgan fingerprint density at radius 3 is 2.64 bits per heavy atom. The van der Waals surface area contributed by atoms with Crippen LogP contribution in [-0.2, 0) is 0 Å². The topological polar surface area (TPSA) is 0 Å². The first kappa shape index (κ1) is 8.68. The van der Waals surface area contributed by atoms with E-state index < -0.39 is 0 Å². The molecule has 0 N–H and O–H groups in total. The Morgan fingerprint density at radius 2 is 1.86 bits per heavy atom. The van der Waals surface area contributed by atoms with Crippen molar-refractivity contribution in [1.82, 2.24) is 0 Å². The molecular weight excluding hydrogens is 187 g/mol. The minimum absolute atomic E-state index is 0.893. The summed E-state index contributed by atoms with van der Waals surface area (Å²) in [6.45, 7) is 0. The van der Waals surface area contributed by atoms with Crippen LogP contribution in [0.5, 0.6) is 0 Å². The zero-order valence-electron chi connectivity index (χ0n) is 8.24. The van der Waals surface area contributed by atoms with E-state index in [4.69, 9.17) is 0 Å². The first-order valence-corrected chi connectivity index (χ1v) is 6.35. The Bertz CT molecular complexity index is 373. The van der Waals surface area contributed by atoms with E-state index in [0.29, 0.717) is 0 Å². The highest BCUT2D eigenvalue weighted by Crippen LogP contribution is 2.44. The minimum atomic E-state index is 0.893. The SMILES string of the molecule is C1=C(C2CCCC2)[P]c2ccccc21. The molecule has 1 fully saturated rings. The number of allylic oxidation sites excluding steroid dienone is 1. The van der Waals surface area contributed by atoms with Gasteiger partial charge in [-0.1, -0.05) is 37.1 Å². The van der Waals surface area contributed by atoms with Gasteiger partial charge in [0.1, 0.15) is 0 Å². The van der Waals surface area contributed by atoms with Crippen molar-refractivity contribution in [3.05, 3.63) is 35.1 Å². The van der Waals surface area contributed by atoms with Gasteiger partial charge >= 0.3 is 0 Å². The normalized spacial score (nSPS) is 22.7. The molecule has 1 aliphatic carbocycles. The molecule has 1 saturated carbocycles. The summed E-state index contributed by atoms with van der Waals surface area (Å²) in [6.07, 6.45) is 8.15. The standard InChI is InChI=1S/C13H14P/c1-2-6-10(5-1)13-9-11-7-3-4-8-12(11)14-13/h3-4,7-10H,1-2,5-6H2. The van der Waals surface area contributed by atoms with Gasteiger partial charge in [0.05, 0.1) is 0 Å². The first-order chi connectivity index (χ1) is 6.93. The fourth-order valence-electron chi connectivity index (χ4n) is 2.47. The lowest BCUT2D eigenvalue weighted by atomic mass is 10.1. The van der Waals surface area contributed by atoms with Crippen LogP contribution in [0.25, 0.3) is 6.08 Å². The maximum atomic E-state index is 2.42. The van der Waals surface area contributed by atoms with E-state index in [0.717, 1.165) is 5.92 Å². The second-order valence-electron chi connectivity index (χ2n) is 4.22. The number of fused-ring (bicyclic) bond motifs is 1. The first-order valence-electron chi connectivity index (χ1n) is 5.46. The lowest BCUT2D eigenvalue weighted by Crippen LogP contribution is -1.95. The third kappa shape index (κ3) is 1.42. The van der Waals surface area contributed by atoms with Crippen molar-refractivity contribution in [3.8, 4) is 0 Å². The summed E-state index contributed by atoms with van der Waals surface area (Å²) in [4.78, 5) is 0. The summed E-state index contributed by atoms with van der Waals surface area (Å²) in [5.74, 6) is 0.893. The van der Waals surface area contributed by atoms with Crippen molar-refractivity contribution in [2.75, 3.05) is 0 Å². The predicted molar refractivity (Wildman–Crippen MR) is 62.9 cm³/mol. The summed E-state index contributed by atoms with van der Waals surface area (Å²) < 4.78 is 0. The van der Waals surface area contributed by atoms with Crippen LogP contribution in [0, 0.1) is 5.92 Å². The molecule has 0 nitrogen and oxygen atoms in total. The Kier molecular flexibility index (Phi) is 2.18. The van der Waals surface area contributed by atoms with Crippen molar-refractivity contribution in [3.63, 3.8) is 0 Å². The molecule has 0 aromatic heterocycles. The Labute approximate surface area is 87.2 Å². The molecule has 2 aliphatic rings. The van der Waals surface area contributed by atoms with Gasteiger partial charge in [-0.2, -0.15) is 0 Å². The van der Waals surface area contributed by atoms with Gasteiger partial charge in [0.2, 0.25) is 0 Å². The summed E-state index contributed by atoms with van der Waals surface area (Å²) in [7, 11) is 1.48. The van der Waals surface area contributed by atoms with E-state index in [2.05, 4.69) is 30.3 Å². The Hall–Kier alpha value is -0.610. The van der Waals surface area contributed by atoms with E-state index in [1.165, 1.54) is 45.1 Å². The predicted octanol–water partition coefficient (Wildman–Crippen LogP) is 3.80. The van der Waals surface area contributed by atoms with Crippen molar-refractivity contribution in [2.24, 2.45) is 5.92 Å². The molecule has 0 spiro atoms. The lowest BCUT2D eigenvalue weighted by Gasteiger charge is -2.08. The van der Waals surface area contributed by atoms with Gasteiger partial charge in [-0.3, -0.25) is 0 Å². The Balaban J connectivity index is 1.87. The second kappa shape index (κ2) is 3.51. The summed E-state index contributed by atoms with van der Waals surface area (Å²) in [6, 6.07) is 8.79. The van der Waals surface area contributed by atoms with Gasteiger partial charge in [-0.15, -0.1) is 0 Å². The molecule has 0 bridgehead atoms. The van der Waals surface area contributed by atoms with Gasteiger partial charge in [-0.25, -0.2) is 0 Å². The van der Waals surface area contributed by atoms with Crippen LogP contribution in [0.1, 0.15) is 31.2 Å². The maximum Gasteiger partial charge on any atom is -0.00768 e. The smallest absolute Gasteiger partial charge is 0.00768 e. The maximum absolute atomic E-state index is 2.42. The third-order valence-electron chi connectivity index (χ3n) is 3.26. The van der Waals surface area contributed by atoms with Crippen LogP contribution in [0.3, 0.4) is 0 Å². The molecule has 1 heteroatoms. The lowest BCUT2D eigenvalue weighted by molar-refractivity contribution is 0.678. The van der Waals surface area contributed by atoms with Crippen LogP contribution in [-0.4, -0.2) is 0 Å². The van der Waals surface area contributed by atoms with E-state index in [1.807, 2.05) is 0 Å².